The molecule has 0 aliphatic rings. The van der Waals surface area contributed by atoms with Crippen molar-refractivity contribution in [3.8, 4) is 0 Å². The first-order valence-electron chi connectivity index (χ1n) is 3.81. The molecule has 0 aromatic carbocycles. The molecule has 0 spiro atoms. The van der Waals surface area contributed by atoms with Gasteiger partial charge in [0, 0.05) is 4.88 Å². The third-order valence-electron chi connectivity index (χ3n) is 1.73. The van der Waals surface area contributed by atoms with Crippen LogP contribution in [0.3, 0.4) is 0 Å². The van der Waals surface area contributed by atoms with Crippen LogP contribution < -0.4 is 5.56 Å². The highest BCUT2D eigenvalue weighted by molar-refractivity contribution is 7.18. The normalized spacial score (nSPS) is 10.6. The van der Waals surface area contributed by atoms with Crippen molar-refractivity contribution in [1.82, 2.24) is 9.97 Å². The first-order valence-corrected chi connectivity index (χ1v) is 4.63. The molecule has 2 aromatic rings. The molecule has 2 heterocycles. The van der Waals surface area contributed by atoms with E-state index in [4.69, 9.17) is 5.11 Å². The van der Waals surface area contributed by atoms with Crippen molar-refractivity contribution in [3.05, 3.63) is 27.1 Å². The molecule has 0 amide bonds. The Morgan fingerprint density at radius 3 is 3.00 bits per heavy atom. The van der Waals surface area contributed by atoms with Crippen molar-refractivity contribution >= 4 is 27.5 Å². The highest BCUT2D eigenvalue weighted by atomic mass is 32.1. The van der Waals surface area contributed by atoms with Gasteiger partial charge in [-0.3, -0.25) is 4.79 Å². The predicted octanol–water partition coefficient (Wildman–Crippen LogP) is 0.991. The topological polar surface area (TPSA) is 83.0 Å². The molecule has 0 bridgehead atoms. The lowest BCUT2D eigenvalue weighted by Gasteiger charge is -1.92. The molecule has 72 valence electrons. The van der Waals surface area contributed by atoms with Crippen molar-refractivity contribution in [1.29, 1.82) is 0 Å². The minimum Gasteiger partial charge on any atom is -0.475 e. The highest BCUT2D eigenvalue weighted by Gasteiger charge is 2.10. The van der Waals surface area contributed by atoms with E-state index in [1.165, 1.54) is 11.3 Å². The van der Waals surface area contributed by atoms with Crippen LogP contribution in [0.15, 0.2) is 10.9 Å². The van der Waals surface area contributed by atoms with Gasteiger partial charge in [-0.2, -0.15) is 0 Å². The number of aromatic nitrogens is 2. The lowest BCUT2D eigenvalue weighted by Crippen LogP contribution is -2.14. The summed E-state index contributed by atoms with van der Waals surface area (Å²) in [6, 6.07) is 1.69. The van der Waals surface area contributed by atoms with Gasteiger partial charge in [0.2, 0.25) is 5.82 Å². The standard InChI is InChI=1S/C8H6N2O3S/c1-3-2-4-6(11)9-5(8(12)13)10-7(4)14-3/h2H,1H3,(H,12,13)(H,9,10,11). The largest absolute Gasteiger partial charge is 0.475 e. The second-order valence-corrected chi connectivity index (χ2v) is 4.03. The smallest absolute Gasteiger partial charge is 0.372 e. The number of hydrogen-bond acceptors (Lipinski definition) is 4. The van der Waals surface area contributed by atoms with Crippen LogP contribution in [0.1, 0.15) is 15.5 Å². The van der Waals surface area contributed by atoms with Gasteiger partial charge >= 0.3 is 5.97 Å². The number of nitrogens with one attached hydrogen (secondary N) is 1. The van der Waals surface area contributed by atoms with Crippen molar-refractivity contribution in [3.63, 3.8) is 0 Å². The summed E-state index contributed by atoms with van der Waals surface area (Å²) in [4.78, 5) is 29.4. The minimum absolute atomic E-state index is 0.315. The van der Waals surface area contributed by atoms with Crippen LogP contribution in [-0.2, 0) is 0 Å². The third-order valence-corrected chi connectivity index (χ3v) is 2.67. The van der Waals surface area contributed by atoms with E-state index < -0.39 is 11.5 Å². The number of aromatic amines is 1. The number of carbonyl (C=O) groups is 1. The van der Waals surface area contributed by atoms with Gasteiger partial charge in [0.05, 0.1) is 5.39 Å². The Morgan fingerprint density at radius 2 is 2.36 bits per heavy atom. The number of thiophene rings is 1. The first kappa shape index (κ1) is 8.89. The number of aryl methyl sites for hydroxylation is 1. The Balaban J connectivity index is 2.84. The van der Waals surface area contributed by atoms with Gasteiger partial charge < -0.3 is 10.1 Å². The average Bonchev–Trinajstić information content (AvgIpc) is 2.45. The monoisotopic (exact) mass is 210 g/mol. The molecule has 0 aliphatic heterocycles. The first-order chi connectivity index (χ1) is 6.58. The van der Waals surface area contributed by atoms with Crippen LogP contribution in [0.4, 0.5) is 0 Å². The molecule has 6 heteroatoms. The number of fused-ring (bicyclic) bond motifs is 1. The number of carboxylic acid groups (broad SMARTS) is 1. The van der Waals surface area contributed by atoms with E-state index >= 15 is 0 Å². The van der Waals surface area contributed by atoms with E-state index in [0.717, 1.165) is 4.88 Å². The van der Waals surface area contributed by atoms with Crippen molar-refractivity contribution in [2.24, 2.45) is 0 Å². The van der Waals surface area contributed by atoms with Gasteiger partial charge in [0.25, 0.3) is 5.56 Å². The number of aromatic carboxylic acids is 1. The number of nitrogens with zero attached hydrogens (tertiary/aromatic N) is 1. The summed E-state index contributed by atoms with van der Waals surface area (Å²) in [5, 5.41) is 9.09. The number of hydrogen-bond donors (Lipinski definition) is 2. The molecule has 0 radical (unpaired) electrons. The van der Waals surface area contributed by atoms with Gasteiger partial charge in [-0.05, 0) is 13.0 Å². The van der Waals surface area contributed by atoms with E-state index in [1.54, 1.807) is 6.07 Å². The van der Waals surface area contributed by atoms with Gasteiger partial charge in [-0.15, -0.1) is 11.3 Å². The maximum absolute atomic E-state index is 11.4. The van der Waals surface area contributed by atoms with Crippen LogP contribution in [-0.4, -0.2) is 21.0 Å². The molecule has 0 aliphatic carbocycles. The maximum atomic E-state index is 11.4. The molecule has 14 heavy (non-hydrogen) atoms. The maximum Gasteiger partial charge on any atom is 0.372 e. The van der Waals surface area contributed by atoms with Crippen LogP contribution >= 0.6 is 11.3 Å². The predicted molar refractivity (Wildman–Crippen MR) is 51.9 cm³/mol. The van der Waals surface area contributed by atoms with Crippen LogP contribution in [0.25, 0.3) is 10.2 Å². The Kier molecular flexibility index (Phi) is 1.85. The Morgan fingerprint density at radius 1 is 1.64 bits per heavy atom. The van der Waals surface area contributed by atoms with Gasteiger partial charge in [0.15, 0.2) is 0 Å². The Bertz CT molecular complexity index is 569. The summed E-state index contributed by atoms with van der Waals surface area (Å²) in [6.07, 6.45) is 0. The molecule has 5 nitrogen and oxygen atoms in total. The summed E-state index contributed by atoms with van der Waals surface area (Å²) >= 11 is 1.30. The molecule has 2 aromatic heterocycles. The quantitative estimate of drug-likeness (QED) is 0.735. The highest BCUT2D eigenvalue weighted by Crippen LogP contribution is 2.19. The number of H-pyrrole nitrogens is 1. The van der Waals surface area contributed by atoms with E-state index in [1.807, 2.05) is 6.92 Å². The molecular formula is C8H6N2O3S. The molecule has 0 atom stereocenters. The fraction of sp³-hybridized carbons (Fsp3) is 0.125. The lowest BCUT2D eigenvalue weighted by atomic mass is 10.4. The fourth-order valence-electron chi connectivity index (χ4n) is 1.15. The molecule has 0 unspecified atom stereocenters. The number of carboxylic acids is 1. The zero-order valence-corrected chi connectivity index (χ0v) is 8.01. The van der Waals surface area contributed by atoms with Crippen molar-refractivity contribution in [2.45, 2.75) is 6.92 Å². The van der Waals surface area contributed by atoms with Crippen molar-refractivity contribution < 1.29 is 9.90 Å². The molecule has 0 saturated heterocycles. The van der Waals surface area contributed by atoms with E-state index in [-0.39, 0.29) is 5.82 Å². The zero-order valence-electron chi connectivity index (χ0n) is 7.20. The Labute approximate surface area is 82.0 Å². The van der Waals surface area contributed by atoms with Crippen LogP contribution in [0.2, 0.25) is 0 Å². The second kappa shape index (κ2) is 2.91. The average molecular weight is 210 g/mol. The Hall–Kier alpha value is -1.69. The molecule has 0 fully saturated rings. The zero-order chi connectivity index (χ0) is 10.3. The van der Waals surface area contributed by atoms with Crippen LogP contribution in [0, 0.1) is 6.92 Å². The molecule has 2 rings (SSSR count). The summed E-state index contributed by atoms with van der Waals surface area (Å²) < 4.78 is 0. The van der Waals surface area contributed by atoms with Crippen LogP contribution in [0.5, 0.6) is 0 Å². The second-order valence-electron chi connectivity index (χ2n) is 2.80. The number of rotatable bonds is 1. The van der Waals surface area contributed by atoms with E-state index in [2.05, 4.69) is 9.97 Å². The van der Waals surface area contributed by atoms with Gasteiger partial charge in [-0.25, -0.2) is 9.78 Å². The summed E-state index contributed by atoms with van der Waals surface area (Å²) in [7, 11) is 0. The minimum atomic E-state index is -1.23. The van der Waals surface area contributed by atoms with E-state index in [0.29, 0.717) is 10.2 Å². The molecule has 2 N–H and O–H groups in total. The third kappa shape index (κ3) is 1.29. The summed E-state index contributed by atoms with van der Waals surface area (Å²) in [6.45, 7) is 1.84. The lowest BCUT2D eigenvalue weighted by molar-refractivity contribution is 0.0683. The summed E-state index contributed by atoms with van der Waals surface area (Å²) in [5.74, 6) is -1.54. The van der Waals surface area contributed by atoms with Gasteiger partial charge in [0.1, 0.15) is 4.83 Å². The van der Waals surface area contributed by atoms with Crippen molar-refractivity contribution in [2.75, 3.05) is 0 Å². The molecular weight excluding hydrogens is 204 g/mol. The van der Waals surface area contributed by atoms with Gasteiger partial charge in [-0.1, -0.05) is 0 Å². The van der Waals surface area contributed by atoms with E-state index in [9.17, 15) is 9.59 Å². The summed E-state index contributed by atoms with van der Waals surface area (Å²) in [5.41, 5.74) is -0.406. The fourth-order valence-corrected chi connectivity index (χ4v) is 2.03. The SMILES string of the molecule is Cc1cc2c(=O)[nH]c(C(=O)O)nc2s1. The molecule has 0 saturated carbocycles.